The largest absolute Gasteiger partial charge is 0.478 e. The molecule has 3 aromatic rings. The first-order chi connectivity index (χ1) is 11.5. The molecule has 0 saturated carbocycles. The van der Waals surface area contributed by atoms with Crippen LogP contribution in [0.25, 0.3) is 11.3 Å². The molecule has 2 aromatic carbocycles. The second-order valence-electron chi connectivity index (χ2n) is 5.03. The molecular formula is C18H12ClIN2O2. The summed E-state index contributed by atoms with van der Waals surface area (Å²) in [5, 5.41) is 13.0. The highest BCUT2D eigenvalue weighted by Gasteiger charge is 2.11. The van der Waals surface area contributed by atoms with Gasteiger partial charge in [0, 0.05) is 14.2 Å². The van der Waals surface area contributed by atoms with E-state index in [1.54, 1.807) is 18.3 Å². The van der Waals surface area contributed by atoms with Gasteiger partial charge in [-0.1, -0.05) is 29.8 Å². The molecule has 6 heteroatoms. The Morgan fingerprint density at radius 2 is 1.92 bits per heavy atom. The van der Waals surface area contributed by atoms with Gasteiger partial charge in [-0.3, -0.25) is 4.98 Å². The molecule has 0 aliphatic rings. The molecule has 120 valence electrons. The van der Waals surface area contributed by atoms with Crippen LogP contribution < -0.4 is 5.32 Å². The molecule has 3 rings (SSSR count). The molecule has 0 saturated heterocycles. The van der Waals surface area contributed by atoms with Gasteiger partial charge in [0.05, 0.1) is 28.8 Å². The molecule has 0 aliphatic carbocycles. The number of aromatic nitrogens is 1. The first kappa shape index (κ1) is 16.7. The number of benzene rings is 2. The van der Waals surface area contributed by atoms with E-state index in [1.165, 1.54) is 0 Å². The molecule has 2 N–H and O–H groups in total. The highest BCUT2D eigenvalue weighted by molar-refractivity contribution is 14.1. The average molecular weight is 451 g/mol. The predicted molar refractivity (Wildman–Crippen MR) is 104 cm³/mol. The minimum Gasteiger partial charge on any atom is -0.478 e. The highest BCUT2D eigenvalue weighted by Crippen LogP contribution is 2.28. The number of carboxylic acid groups (broad SMARTS) is 1. The van der Waals surface area contributed by atoms with Crippen molar-refractivity contribution in [3.05, 3.63) is 75.0 Å². The van der Waals surface area contributed by atoms with E-state index in [9.17, 15) is 9.90 Å². The normalized spacial score (nSPS) is 10.4. The molecule has 0 aliphatic heterocycles. The summed E-state index contributed by atoms with van der Waals surface area (Å²) >= 11 is 8.26. The van der Waals surface area contributed by atoms with Crippen molar-refractivity contribution in [2.75, 3.05) is 5.32 Å². The number of nitrogens with zero attached hydrogens (tertiary/aromatic N) is 1. The Morgan fingerprint density at radius 1 is 1.12 bits per heavy atom. The van der Waals surface area contributed by atoms with Crippen molar-refractivity contribution in [2.24, 2.45) is 0 Å². The minimum absolute atomic E-state index is 0.220. The number of hydrogen-bond donors (Lipinski definition) is 2. The average Bonchev–Trinajstić information content (AvgIpc) is 2.57. The Morgan fingerprint density at radius 3 is 2.58 bits per heavy atom. The zero-order chi connectivity index (χ0) is 17.1. The van der Waals surface area contributed by atoms with Gasteiger partial charge >= 0.3 is 5.97 Å². The summed E-state index contributed by atoms with van der Waals surface area (Å²) in [6.07, 6.45) is 1.66. The summed E-state index contributed by atoms with van der Waals surface area (Å²) in [6, 6.07) is 16.4. The number of rotatable bonds is 4. The lowest BCUT2D eigenvalue weighted by Gasteiger charge is -2.11. The zero-order valence-electron chi connectivity index (χ0n) is 12.3. The molecule has 1 aromatic heterocycles. The van der Waals surface area contributed by atoms with Crippen LogP contribution >= 0.6 is 34.2 Å². The predicted octanol–water partition coefficient (Wildman–Crippen LogP) is 5.45. The lowest BCUT2D eigenvalue weighted by Crippen LogP contribution is -2.03. The zero-order valence-corrected chi connectivity index (χ0v) is 15.2. The van der Waals surface area contributed by atoms with Gasteiger partial charge in [0.15, 0.2) is 0 Å². The lowest BCUT2D eigenvalue weighted by atomic mass is 10.1. The molecule has 0 unspecified atom stereocenters. The molecule has 0 spiro atoms. The quantitative estimate of drug-likeness (QED) is 0.519. The molecule has 0 atom stereocenters. The van der Waals surface area contributed by atoms with E-state index in [-0.39, 0.29) is 5.56 Å². The first-order valence-electron chi connectivity index (χ1n) is 7.05. The van der Waals surface area contributed by atoms with Crippen molar-refractivity contribution >= 4 is 51.5 Å². The Hall–Kier alpha value is -2.12. The van der Waals surface area contributed by atoms with Crippen LogP contribution in [0.5, 0.6) is 0 Å². The van der Waals surface area contributed by atoms with Crippen LogP contribution in [0.15, 0.2) is 60.8 Å². The number of aromatic carboxylic acids is 1. The fourth-order valence-electron chi connectivity index (χ4n) is 2.25. The summed E-state index contributed by atoms with van der Waals surface area (Å²) in [6.45, 7) is 0. The van der Waals surface area contributed by atoms with E-state index in [4.69, 9.17) is 11.6 Å². The summed E-state index contributed by atoms with van der Waals surface area (Å²) in [4.78, 5) is 15.8. The van der Waals surface area contributed by atoms with Gasteiger partial charge in [-0.05, 0) is 59.0 Å². The van der Waals surface area contributed by atoms with E-state index in [0.717, 1.165) is 14.8 Å². The van der Waals surface area contributed by atoms with Gasteiger partial charge < -0.3 is 10.4 Å². The van der Waals surface area contributed by atoms with Crippen molar-refractivity contribution in [3.63, 3.8) is 0 Å². The third kappa shape index (κ3) is 3.68. The number of nitrogens with one attached hydrogen (secondary N) is 1. The van der Waals surface area contributed by atoms with Gasteiger partial charge in [0.1, 0.15) is 0 Å². The van der Waals surface area contributed by atoms with Crippen LogP contribution in [-0.4, -0.2) is 16.1 Å². The van der Waals surface area contributed by atoms with Gasteiger partial charge in [0.25, 0.3) is 0 Å². The van der Waals surface area contributed by atoms with E-state index in [0.29, 0.717) is 16.4 Å². The van der Waals surface area contributed by atoms with E-state index in [1.807, 2.05) is 42.5 Å². The molecule has 0 bridgehead atoms. The van der Waals surface area contributed by atoms with Crippen molar-refractivity contribution in [2.45, 2.75) is 0 Å². The maximum Gasteiger partial charge on any atom is 0.337 e. The van der Waals surface area contributed by atoms with E-state index >= 15 is 0 Å². The number of hydrogen-bond acceptors (Lipinski definition) is 3. The highest BCUT2D eigenvalue weighted by atomic mass is 127. The van der Waals surface area contributed by atoms with Crippen LogP contribution in [0.1, 0.15) is 10.4 Å². The second-order valence-corrected chi connectivity index (χ2v) is 6.68. The summed E-state index contributed by atoms with van der Waals surface area (Å²) in [5.41, 5.74) is 3.06. The SMILES string of the molecule is O=C(O)c1cc(I)ccc1Nc1ccc(-c2ccccc2Cl)nc1. The summed E-state index contributed by atoms with van der Waals surface area (Å²) in [7, 11) is 0. The Balaban J connectivity index is 1.88. The van der Waals surface area contributed by atoms with Crippen LogP contribution in [0.3, 0.4) is 0 Å². The molecule has 0 radical (unpaired) electrons. The molecule has 4 nitrogen and oxygen atoms in total. The van der Waals surface area contributed by atoms with Crippen LogP contribution in [0.4, 0.5) is 11.4 Å². The van der Waals surface area contributed by atoms with Crippen molar-refractivity contribution < 1.29 is 9.90 Å². The Bertz CT molecular complexity index is 898. The summed E-state index contributed by atoms with van der Waals surface area (Å²) in [5.74, 6) is -0.975. The monoisotopic (exact) mass is 450 g/mol. The van der Waals surface area contributed by atoms with Gasteiger partial charge in [0.2, 0.25) is 0 Å². The van der Waals surface area contributed by atoms with Crippen molar-refractivity contribution in [1.82, 2.24) is 4.98 Å². The first-order valence-corrected chi connectivity index (χ1v) is 8.51. The smallest absolute Gasteiger partial charge is 0.337 e. The third-order valence-electron chi connectivity index (χ3n) is 3.40. The maximum atomic E-state index is 11.4. The fourth-order valence-corrected chi connectivity index (χ4v) is 2.98. The van der Waals surface area contributed by atoms with Crippen LogP contribution in [-0.2, 0) is 0 Å². The molecule has 0 amide bonds. The van der Waals surface area contributed by atoms with Crippen molar-refractivity contribution in [1.29, 1.82) is 0 Å². The third-order valence-corrected chi connectivity index (χ3v) is 4.40. The number of anilines is 2. The van der Waals surface area contributed by atoms with Gasteiger partial charge in [-0.15, -0.1) is 0 Å². The van der Waals surface area contributed by atoms with E-state index in [2.05, 4.69) is 32.9 Å². The fraction of sp³-hybridized carbons (Fsp3) is 0. The Labute approximate surface area is 157 Å². The molecular weight excluding hydrogens is 439 g/mol. The summed E-state index contributed by atoms with van der Waals surface area (Å²) < 4.78 is 0.864. The van der Waals surface area contributed by atoms with Gasteiger partial charge in [-0.2, -0.15) is 0 Å². The van der Waals surface area contributed by atoms with E-state index < -0.39 is 5.97 Å². The number of carbonyl (C=O) groups is 1. The minimum atomic E-state index is -0.975. The molecule has 24 heavy (non-hydrogen) atoms. The maximum absolute atomic E-state index is 11.4. The molecule has 1 heterocycles. The molecule has 0 fully saturated rings. The van der Waals surface area contributed by atoms with Gasteiger partial charge in [-0.25, -0.2) is 4.79 Å². The van der Waals surface area contributed by atoms with Crippen LogP contribution in [0, 0.1) is 3.57 Å². The number of carboxylic acids is 1. The van der Waals surface area contributed by atoms with Crippen LogP contribution in [0.2, 0.25) is 5.02 Å². The Kier molecular flexibility index (Phi) is 5.01. The number of halogens is 2. The standard InChI is InChI=1S/C18H12ClIN2O2/c19-15-4-2-1-3-13(15)16-8-6-12(10-21-16)22-17-7-5-11(20)9-14(17)18(23)24/h1-10,22H,(H,23,24). The number of pyridine rings is 1. The topological polar surface area (TPSA) is 62.2 Å². The second kappa shape index (κ2) is 7.19. The van der Waals surface area contributed by atoms with Crippen molar-refractivity contribution in [3.8, 4) is 11.3 Å². The lowest BCUT2D eigenvalue weighted by molar-refractivity contribution is 0.0698.